The molecule has 1 amide bonds. The quantitative estimate of drug-likeness (QED) is 0.267. The number of hydrogen-bond acceptors (Lipinski definition) is 9. The van der Waals surface area contributed by atoms with E-state index in [4.69, 9.17) is 10.8 Å². The van der Waals surface area contributed by atoms with E-state index in [1.807, 2.05) is 0 Å². The summed E-state index contributed by atoms with van der Waals surface area (Å²) in [4.78, 5) is 54.4. The molecule has 0 radical (unpaired) electrons. The molecule has 33 heavy (non-hydrogen) atoms. The number of aromatic amines is 1. The number of rotatable bonds is 9. The van der Waals surface area contributed by atoms with Crippen LogP contribution in [0.25, 0.3) is 0 Å². The Morgan fingerprint density at radius 1 is 1.27 bits per heavy atom. The first-order valence-electron chi connectivity index (χ1n) is 10.1. The Kier molecular flexibility index (Phi) is 7.00. The molecule has 1 aromatic heterocycles. The lowest BCUT2D eigenvalue weighted by Gasteiger charge is -2.27. The summed E-state index contributed by atoms with van der Waals surface area (Å²) in [5.74, 6) is -2.50. The molecule has 0 aliphatic carbocycles. The molecule has 13 nitrogen and oxygen atoms in total. The van der Waals surface area contributed by atoms with E-state index >= 15 is 0 Å². The van der Waals surface area contributed by atoms with Crippen molar-refractivity contribution in [2.24, 2.45) is 0 Å². The van der Waals surface area contributed by atoms with Gasteiger partial charge in [-0.1, -0.05) is 0 Å². The van der Waals surface area contributed by atoms with Crippen LogP contribution < -0.4 is 27.2 Å². The van der Waals surface area contributed by atoms with Crippen LogP contribution in [0.15, 0.2) is 29.1 Å². The summed E-state index contributed by atoms with van der Waals surface area (Å²) >= 11 is 0. The molecular formula is C20H25N7O6. The van der Waals surface area contributed by atoms with E-state index < -0.39 is 23.9 Å². The number of nitrogens with one attached hydrogen (secondary N) is 4. The standard InChI is InChI=1S/C20H25N7O6/c1-27(13(19(32)33)6-7-14(28)29)18(31)10-2-4-11(5-3-10)22-8-12-9-23-16-15(24-12)17(30)26-20(21)25-16/h2-5,12-13,22,24H,6-9H2,1H3,(H,28,29)(H,32,33)(H4,21,23,25,26,30)/t12?,13-/m0/s1. The number of nitrogens with zero attached hydrogens (tertiary/aromatic N) is 2. The molecule has 1 aliphatic heterocycles. The number of fused-ring (bicyclic) bond motifs is 1. The van der Waals surface area contributed by atoms with Gasteiger partial charge in [-0.25, -0.2) is 4.79 Å². The van der Waals surface area contributed by atoms with Crippen LogP contribution in [-0.2, 0) is 9.59 Å². The molecule has 2 aromatic rings. The Labute approximate surface area is 188 Å². The number of nitrogens with two attached hydrogens (primary N) is 1. The van der Waals surface area contributed by atoms with E-state index in [-0.39, 0.29) is 36.0 Å². The fourth-order valence-corrected chi connectivity index (χ4v) is 3.41. The van der Waals surface area contributed by atoms with E-state index in [1.165, 1.54) is 7.05 Å². The number of carboxylic acid groups (broad SMARTS) is 2. The smallest absolute Gasteiger partial charge is 0.326 e. The number of H-pyrrole nitrogens is 1. The zero-order chi connectivity index (χ0) is 24.1. The number of aromatic nitrogens is 2. The third kappa shape index (κ3) is 5.70. The van der Waals surface area contributed by atoms with Gasteiger partial charge in [0, 0.05) is 37.8 Å². The van der Waals surface area contributed by atoms with Gasteiger partial charge in [-0.05, 0) is 30.7 Å². The van der Waals surface area contributed by atoms with Crippen molar-refractivity contribution < 1.29 is 24.6 Å². The fourth-order valence-electron chi connectivity index (χ4n) is 3.41. The van der Waals surface area contributed by atoms with E-state index in [0.717, 1.165) is 4.90 Å². The molecule has 1 unspecified atom stereocenters. The minimum Gasteiger partial charge on any atom is -0.481 e. The molecule has 176 valence electrons. The van der Waals surface area contributed by atoms with Gasteiger partial charge < -0.3 is 36.8 Å². The largest absolute Gasteiger partial charge is 0.481 e. The minimum absolute atomic E-state index is 0.0291. The Morgan fingerprint density at radius 2 is 1.97 bits per heavy atom. The summed E-state index contributed by atoms with van der Waals surface area (Å²) in [5.41, 5.74) is 6.46. The topological polar surface area (TPSA) is 203 Å². The lowest BCUT2D eigenvalue weighted by atomic mass is 10.1. The monoisotopic (exact) mass is 459 g/mol. The number of likely N-dealkylation sites (N-methyl/N-ethyl adjacent to an activating group) is 1. The van der Waals surface area contributed by atoms with Crippen molar-refractivity contribution in [1.29, 1.82) is 0 Å². The molecule has 0 saturated carbocycles. The highest BCUT2D eigenvalue weighted by atomic mass is 16.4. The molecule has 2 heterocycles. The van der Waals surface area contributed by atoms with Gasteiger partial charge in [0.05, 0.1) is 6.04 Å². The summed E-state index contributed by atoms with van der Waals surface area (Å²) in [6, 6.07) is 5.09. The third-order valence-electron chi connectivity index (χ3n) is 5.19. The maximum absolute atomic E-state index is 12.7. The van der Waals surface area contributed by atoms with Crippen molar-refractivity contribution >= 4 is 41.0 Å². The zero-order valence-electron chi connectivity index (χ0n) is 17.8. The number of carboxylic acids is 2. The van der Waals surface area contributed by atoms with Gasteiger partial charge in [-0.2, -0.15) is 4.98 Å². The maximum Gasteiger partial charge on any atom is 0.326 e. The van der Waals surface area contributed by atoms with E-state index in [2.05, 4.69) is 25.9 Å². The van der Waals surface area contributed by atoms with E-state index in [9.17, 15) is 24.3 Å². The Bertz CT molecular complexity index is 1100. The molecule has 0 saturated heterocycles. The number of anilines is 4. The van der Waals surface area contributed by atoms with Gasteiger partial charge in [0.25, 0.3) is 11.5 Å². The lowest BCUT2D eigenvalue weighted by Crippen LogP contribution is -2.42. The first-order valence-corrected chi connectivity index (χ1v) is 10.1. The highest BCUT2D eigenvalue weighted by Gasteiger charge is 2.28. The summed E-state index contributed by atoms with van der Waals surface area (Å²) in [5, 5.41) is 27.5. The number of hydrogen-bond donors (Lipinski definition) is 7. The van der Waals surface area contributed by atoms with Crippen molar-refractivity contribution in [3.8, 4) is 0 Å². The minimum atomic E-state index is -1.27. The van der Waals surface area contributed by atoms with Crippen molar-refractivity contribution in [2.75, 3.05) is 41.8 Å². The number of amides is 1. The number of carbonyl (C=O) groups is 3. The molecule has 0 fully saturated rings. The molecule has 0 spiro atoms. The number of aliphatic carboxylic acids is 2. The van der Waals surface area contributed by atoms with Crippen molar-refractivity contribution in [1.82, 2.24) is 14.9 Å². The van der Waals surface area contributed by atoms with Gasteiger partial charge in [-0.3, -0.25) is 19.4 Å². The average Bonchev–Trinajstić information content (AvgIpc) is 2.77. The Morgan fingerprint density at radius 3 is 2.61 bits per heavy atom. The predicted molar refractivity (Wildman–Crippen MR) is 120 cm³/mol. The third-order valence-corrected chi connectivity index (χ3v) is 5.19. The first kappa shape index (κ1) is 23.4. The van der Waals surface area contributed by atoms with Gasteiger partial charge >= 0.3 is 11.9 Å². The molecule has 13 heteroatoms. The average molecular weight is 459 g/mol. The highest BCUT2D eigenvalue weighted by Crippen LogP contribution is 2.20. The van der Waals surface area contributed by atoms with E-state index in [1.54, 1.807) is 24.3 Å². The second-order valence-corrected chi connectivity index (χ2v) is 7.56. The molecule has 2 atom stereocenters. The molecule has 1 aliphatic rings. The Balaban J connectivity index is 1.58. The number of benzene rings is 1. The summed E-state index contributed by atoms with van der Waals surface area (Å²) in [7, 11) is 1.33. The normalized spacial score (nSPS) is 15.4. The summed E-state index contributed by atoms with van der Waals surface area (Å²) < 4.78 is 0. The molecule has 3 rings (SSSR count). The summed E-state index contributed by atoms with van der Waals surface area (Å²) in [6.45, 7) is 0.962. The van der Waals surface area contributed by atoms with Gasteiger partial charge in [0.2, 0.25) is 5.95 Å². The first-order chi connectivity index (χ1) is 15.7. The second kappa shape index (κ2) is 9.89. The molecule has 8 N–H and O–H groups in total. The van der Waals surface area contributed by atoms with Crippen molar-refractivity contribution in [3.63, 3.8) is 0 Å². The van der Waals surface area contributed by atoms with Crippen LogP contribution in [0.2, 0.25) is 0 Å². The molecule has 0 bridgehead atoms. The maximum atomic E-state index is 12.7. The number of nitrogen functional groups attached to an aromatic ring is 1. The lowest BCUT2D eigenvalue weighted by molar-refractivity contribution is -0.143. The molecular weight excluding hydrogens is 434 g/mol. The van der Waals surface area contributed by atoms with Crippen molar-refractivity contribution in [3.05, 3.63) is 40.2 Å². The number of carbonyl (C=O) groups excluding carboxylic acids is 1. The molecule has 1 aromatic carbocycles. The van der Waals surface area contributed by atoms with Gasteiger partial charge in [0.15, 0.2) is 5.82 Å². The van der Waals surface area contributed by atoms with Gasteiger partial charge in [-0.15, -0.1) is 0 Å². The van der Waals surface area contributed by atoms with Crippen molar-refractivity contribution in [2.45, 2.75) is 24.9 Å². The van der Waals surface area contributed by atoms with Crippen LogP contribution in [0.4, 0.5) is 23.1 Å². The van der Waals surface area contributed by atoms with Crippen LogP contribution in [0.3, 0.4) is 0 Å². The van der Waals surface area contributed by atoms with E-state index in [0.29, 0.717) is 30.3 Å². The van der Waals surface area contributed by atoms with Crippen LogP contribution in [-0.4, -0.2) is 75.1 Å². The fraction of sp³-hybridized carbons (Fsp3) is 0.350. The van der Waals surface area contributed by atoms with Crippen LogP contribution in [0, 0.1) is 0 Å². The SMILES string of the molecule is CN(C(=O)c1ccc(NCC2CNc3nc(N)[nH]c(=O)c3N2)cc1)[C@@H](CCC(=O)O)C(=O)O. The highest BCUT2D eigenvalue weighted by molar-refractivity contribution is 5.96. The van der Waals surface area contributed by atoms with Crippen LogP contribution in [0.5, 0.6) is 0 Å². The predicted octanol–water partition coefficient (Wildman–Crippen LogP) is 0.0602. The zero-order valence-corrected chi connectivity index (χ0v) is 17.8. The Hall–Kier alpha value is -4.29. The van der Waals surface area contributed by atoms with Crippen LogP contribution in [0.1, 0.15) is 23.2 Å². The summed E-state index contributed by atoms with van der Waals surface area (Å²) in [6.07, 6.45) is -0.551. The van der Waals surface area contributed by atoms with Gasteiger partial charge in [0.1, 0.15) is 11.7 Å². The van der Waals surface area contributed by atoms with Crippen LogP contribution >= 0.6 is 0 Å². The second-order valence-electron chi connectivity index (χ2n) is 7.56.